The highest BCUT2D eigenvalue weighted by Crippen LogP contribution is 2.37. The summed E-state index contributed by atoms with van der Waals surface area (Å²) in [5.74, 6) is -0.262. The van der Waals surface area contributed by atoms with Gasteiger partial charge in [0.05, 0.1) is 12.0 Å². The number of halogens is 3. The Kier molecular flexibility index (Phi) is 3.71. The van der Waals surface area contributed by atoms with E-state index in [0.717, 1.165) is 25.7 Å². The summed E-state index contributed by atoms with van der Waals surface area (Å²) in [6.07, 6.45) is 0.0992. The minimum atomic E-state index is -4.50. The third-order valence-electron chi connectivity index (χ3n) is 4.82. The first-order valence-corrected chi connectivity index (χ1v) is 7.48. The molecule has 0 aromatic carbocycles. The van der Waals surface area contributed by atoms with E-state index in [1.165, 1.54) is 6.92 Å². The van der Waals surface area contributed by atoms with E-state index >= 15 is 0 Å². The highest BCUT2D eigenvalue weighted by molar-refractivity contribution is 5.79. The van der Waals surface area contributed by atoms with Crippen LogP contribution in [0, 0.1) is 6.92 Å². The zero-order valence-electron chi connectivity index (χ0n) is 12.3. The Hall–Kier alpha value is -1.50. The number of carbonyl (C=O) groups excluding carboxylic acids is 1. The van der Waals surface area contributed by atoms with Crippen LogP contribution in [0.2, 0.25) is 0 Å². The summed E-state index contributed by atoms with van der Waals surface area (Å²) in [5.41, 5.74) is -0.997. The van der Waals surface area contributed by atoms with Crippen molar-refractivity contribution in [2.24, 2.45) is 0 Å². The van der Waals surface area contributed by atoms with Gasteiger partial charge in [-0.1, -0.05) is 0 Å². The van der Waals surface area contributed by atoms with Gasteiger partial charge in [0.2, 0.25) is 5.91 Å². The van der Waals surface area contributed by atoms with Gasteiger partial charge in [-0.05, 0) is 32.6 Å². The van der Waals surface area contributed by atoms with Crippen molar-refractivity contribution in [2.45, 2.75) is 56.8 Å². The van der Waals surface area contributed by atoms with Crippen LogP contribution < -0.4 is 10.6 Å². The minimum absolute atomic E-state index is 0.0569. The third-order valence-corrected chi connectivity index (χ3v) is 4.82. The molecule has 0 unspecified atom stereocenters. The fraction of sp³-hybridized carbons (Fsp3) is 0.667. The summed E-state index contributed by atoms with van der Waals surface area (Å²) < 4.78 is 43.4. The highest BCUT2D eigenvalue weighted by atomic mass is 19.4. The summed E-state index contributed by atoms with van der Waals surface area (Å²) in [6.45, 7) is 1.91. The molecule has 0 atom stereocenters. The molecule has 4 nitrogen and oxygen atoms in total. The first kappa shape index (κ1) is 15.4. The van der Waals surface area contributed by atoms with Crippen LogP contribution in [0.25, 0.3) is 0 Å². The number of nitrogens with one attached hydrogen (secondary N) is 2. The van der Waals surface area contributed by atoms with Crippen molar-refractivity contribution in [3.05, 3.63) is 23.2 Å². The number of furan rings is 1. The van der Waals surface area contributed by atoms with Crippen molar-refractivity contribution >= 4 is 5.91 Å². The first-order valence-electron chi connectivity index (χ1n) is 7.48. The monoisotopic (exact) mass is 316 g/mol. The number of fused-ring (bicyclic) bond motifs is 2. The van der Waals surface area contributed by atoms with E-state index in [2.05, 4.69) is 10.6 Å². The Bertz CT molecular complexity index is 572. The average molecular weight is 316 g/mol. The van der Waals surface area contributed by atoms with Crippen LogP contribution in [-0.4, -0.2) is 24.0 Å². The lowest BCUT2D eigenvalue weighted by Crippen LogP contribution is -2.47. The molecule has 122 valence electrons. The van der Waals surface area contributed by atoms with E-state index in [0.29, 0.717) is 18.8 Å². The lowest BCUT2D eigenvalue weighted by Gasteiger charge is -2.26. The Morgan fingerprint density at radius 2 is 2.14 bits per heavy atom. The van der Waals surface area contributed by atoms with Crippen molar-refractivity contribution in [3.8, 4) is 0 Å². The van der Waals surface area contributed by atoms with Crippen LogP contribution in [0.15, 0.2) is 10.7 Å². The molecule has 2 bridgehead atoms. The molecular formula is C15H19F3N2O2. The van der Waals surface area contributed by atoms with Crippen LogP contribution in [0.5, 0.6) is 0 Å². The van der Waals surface area contributed by atoms with Crippen molar-refractivity contribution in [1.29, 1.82) is 0 Å². The Morgan fingerprint density at radius 1 is 1.45 bits per heavy atom. The second-order valence-electron chi connectivity index (χ2n) is 6.33. The smallest absolute Gasteiger partial charge is 0.419 e. The van der Waals surface area contributed by atoms with Crippen molar-refractivity contribution in [2.75, 3.05) is 6.54 Å². The maximum absolute atomic E-state index is 12.9. The van der Waals surface area contributed by atoms with E-state index < -0.39 is 17.6 Å². The Balaban J connectivity index is 1.62. The van der Waals surface area contributed by atoms with E-state index in [4.69, 9.17) is 4.42 Å². The van der Waals surface area contributed by atoms with Crippen LogP contribution in [0.3, 0.4) is 0 Å². The van der Waals surface area contributed by atoms with E-state index in [1.54, 1.807) is 0 Å². The van der Waals surface area contributed by atoms with E-state index in [9.17, 15) is 18.0 Å². The van der Waals surface area contributed by atoms with E-state index in [-0.39, 0.29) is 23.3 Å². The summed E-state index contributed by atoms with van der Waals surface area (Å²) >= 11 is 0. The quantitative estimate of drug-likeness (QED) is 0.897. The molecule has 2 aliphatic heterocycles. The van der Waals surface area contributed by atoms with Crippen molar-refractivity contribution < 1.29 is 22.4 Å². The average Bonchev–Trinajstić information content (AvgIpc) is 3.12. The second-order valence-corrected chi connectivity index (χ2v) is 6.33. The van der Waals surface area contributed by atoms with Gasteiger partial charge in [0, 0.05) is 23.7 Å². The fourth-order valence-corrected chi connectivity index (χ4v) is 3.55. The molecule has 0 radical (unpaired) electrons. The number of amides is 1. The van der Waals surface area contributed by atoms with Crippen LogP contribution in [0.4, 0.5) is 13.2 Å². The predicted octanol–water partition coefficient (Wildman–Crippen LogP) is 2.55. The summed E-state index contributed by atoms with van der Waals surface area (Å²) in [7, 11) is 0. The lowest BCUT2D eigenvalue weighted by molar-refractivity contribution is -0.138. The lowest BCUT2D eigenvalue weighted by atomic mass is 9.88. The molecule has 3 heterocycles. The first-order chi connectivity index (χ1) is 10.3. The molecule has 2 fully saturated rings. The zero-order valence-corrected chi connectivity index (χ0v) is 12.3. The van der Waals surface area contributed by atoms with Crippen LogP contribution in [-0.2, 0) is 17.4 Å². The highest BCUT2D eigenvalue weighted by Gasteiger charge is 2.44. The summed E-state index contributed by atoms with van der Waals surface area (Å²) in [5, 5.41) is 6.27. The maximum atomic E-state index is 12.9. The summed E-state index contributed by atoms with van der Waals surface area (Å²) in [6, 6.07) is 0.532. The number of alkyl halides is 3. The molecule has 2 aliphatic rings. The minimum Gasteiger partial charge on any atom is -0.469 e. The van der Waals surface area contributed by atoms with Gasteiger partial charge in [0.1, 0.15) is 12.0 Å². The number of hydrogen-bond donors (Lipinski definition) is 2. The van der Waals surface area contributed by atoms with Gasteiger partial charge in [-0.3, -0.25) is 4.79 Å². The largest absolute Gasteiger partial charge is 0.469 e. The summed E-state index contributed by atoms with van der Waals surface area (Å²) in [4.78, 5) is 12.0. The molecule has 0 spiro atoms. The SMILES string of the molecule is Cc1occ(C(F)(F)F)c1CC(=O)NCC12CCC(CC1)N2. The van der Waals surface area contributed by atoms with Gasteiger partial charge in [-0.25, -0.2) is 0 Å². The Morgan fingerprint density at radius 3 is 2.68 bits per heavy atom. The molecule has 2 saturated heterocycles. The number of aryl methyl sites for hydroxylation is 1. The number of rotatable bonds is 4. The molecule has 22 heavy (non-hydrogen) atoms. The molecule has 7 heteroatoms. The topological polar surface area (TPSA) is 54.3 Å². The molecular weight excluding hydrogens is 297 g/mol. The van der Waals surface area contributed by atoms with Gasteiger partial charge in [0.15, 0.2) is 0 Å². The second kappa shape index (κ2) is 5.30. The van der Waals surface area contributed by atoms with Gasteiger partial charge < -0.3 is 15.1 Å². The van der Waals surface area contributed by atoms with Gasteiger partial charge in [-0.15, -0.1) is 0 Å². The number of carbonyl (C=O) groups is 1. The molecule has 1 aromatic heterocycles. The zero-order chi connectivity index (χ0) is 16.0. The van der Waals surface area contributed by atoms with Crippen molar-refractivity contribution in [3.63, 3.8) is 0 Å². The van der Waals surface area contributed by atoms with E-state index in [1.807, 2.05) is 0 Å². The normalized spacial score (nSPS) is 27.4. The Labute approximate surface area is 126 Å². The molecule has 1 amide bonds. The fourth-order valence-electron chi connectivity index (χ4n) is 3.55. The predicted molar refractivity (Wildman–Crippen MR) is 73.3 cm³/mol. The molecule has 1 aromatic rings. The van der Waals surface area contributed by atoms with Gasteiger partial charge in [-0.2, -0.15) is 13.2 Å². The number of hydrogen-bond acceptors (Lipinski definition) is 3. The molecule has 0 aliphatic carbocycles. The third kappa shape index (κ3) is 2.86. The standard InChI is InChI=1S/C15H19F3N2O2/c1-9-11(12(7-22-9)15(16,17)18)6-13(21)19-8-14-4-2-10(20-14)3-5-14/h7,10,20H,2-6,8H2,1H3,(H,19,21). The van der Waals surface area contributed by atoms with Gasteiger partial charge >= 0.3 is 6.18 Å². The molecule has 2 N–H and O–H groups in total. The van der Waals surface area contributed by atoms with Crippen molar-refractivity contribution in [1.82, 2.24) is 10.6 Å². The molecule has 0 saturated carbocycles. The molecule has 3 rings (SSSR count). The van der Waals surface area contributed by atoms with Crippen LogP contribution >= 0.6 is 0 Å². The van der Waals surface area contributed by atoms with Gasteiger partial charge in [0.25, 0.3) is 0 Å². The van der Waals surface area contributed by atoms with Crippen LogP contribution in [0.1, 0.15) is 42.6 Å². The maximum Gasteiger partial charge on any atom is 0.419 e.